The molecule has 0 amide bonds. The molecule has 0 aliphatic heterocycles. The highest BCUT2D eigenvalue weighted by Gasteiger charge is 2.32. The first-order chi connectivity index (χ1) is 8.97. The Morgan fingerprint density at radius 1 is 1.42 bits per heavy atom. The third kappa shape index (κ3) is 2.33. The van der Waals surface area contributed by atoms with Crippen LogP contribution in [0.5, 0.6) is 0 Å². The number of nitrogens with zero attached hydrogens (tertiary/aromatic N) is 2. The van der Waals surface area contributed by atoms with Crippen molar-refractivity contribution in [1.29, 1.82) is 0 Å². The highest BCUT2D eigenvalue weighted by molar-refractivity contribution is 5.92. The lowest BCUT2D eigenvalue weighted by molar-refractivity contribution is 0.0595. The fourth-order valence-electron chi connectivity index (χ4n) is 3.15. The van der Waals surface area contributed by atoms with Gasteiger partial charge in [0.1, 0.15) is 11.6 Å². The Morgan fingerprint density at radius 2 is 2.11 bits per heavy atom. The first-order valence-electron chi connectivity index (χ1n) is 6.90. The number of carbonyl (C=O) groups is 1. The monoisotopic (exact) mass is 265 g/mol. The molecule has 0 radical (unpaired) electrons. The van der Waals surface area contributed by atoms with Crippen LogP contribution in [0.4, 0.5) is 5.82 Å². The summed E-state index contributed by atoms with van der Waals surface area (Å²) in [6.07, 6.45) is 3.55. The van der Waals surface area contributed by atoms with Gasteiger partial charge in [0.2, 0.25) is 0 Å². The largest absolute Gasteiger partial charge is 0.464 e. The number of anilines is 1. The van der Waals surface area contributed by atoms with Crippen molar-refractivity contribution in [2.75, 3.05) is 12.8 Å². The molecule has 2 rings (SSSR count). The predicted octanol–water partition coefficient (Wildman–Crippen LogP) is 2.56. The van der Waals surface area contributed by atoms with Crippen molar-refractivity contribution in [1.82, 2.24) is 9.55 Å². The first kappa shape index (κ1) is 13.9. The lowest BCUT2D eigenvalue weighted by Gasteiger charge is -2.36. The Bertz CT molecular complexity index is 481. The number of hydrogen-bond donors (Lipinski definition) is 1. The van der Waals surface area contributed by atoms with Crippen LogP contribution in [0.2, 0.25) is 0 Å². The predicted molar refractivity (Wildman–Crippen MR) is 73.9 cm³/mol. The van der Waals surface area contributed by atoms with Crippen molar-refractivity contribution in [3.05, 3.63) is 11.5 Å². The Hall–Kier alpha value is -1.52. The molecule has 3 unspecified atom stereocenters. The Morgan fingerprint density at radius 3 is 2.74 bits per heavy atom. The molecule has 2 N–H and O–H groups in total. The van der Waals surface area contributed by atoms with Gasteiger partial charge in [0, 0.05) is 6.04 Å². The van der Waals surface area contributed by atoms with Crippen molar-refractivity contribution < 1.29 is 9.53 Å². The van der Waals surface area contributed by atoms with Crippen molar-refractivity contribution in [2.45, 2.75) is 46.1 Å². The molecular weight excluding hydrogens is 242 g/mol. The van der Waals surface area contributed by atoms with Gasteiger partial charge in [-0.2, -0.15) is 0 Å². The molecule has 0 saturated heterocycles. The standard InChI is InChI=1S/C14H23N3O2/c1-8-6-5-7-11(9(8)2)17-10(3)16-12(13(17)15)14(18)19-4/h8-9,11H,5-7,15H2,1-4H3. The van der Waals surface area contributed by atoms with Gasteiger partial charge in [0.05, 0.1) is 7.11 Å². The SMILES string of the molecule is COC(=O)c1nc(C)n(C2CCCC(C)C2C)c1N. The number of nitrogens with two attached hydrogens (primary N) is 1. The zero-order valence-electron chi connectivity index (χ0n) is 12.1. The zero-order valence-corrected chi connectivity index (χ0v) is 12.1. The Kier molecular flexibility index (Phi) is 3.83. The van der Waals surface area contributed by atoms with Gasteiger partial charge in [0.15, 0.2) is 5.69 Å². The lowest BCUT2D eigenvalue weighted by Crippen LogP contribution is -2.28. The molecule has 0 aromatic carbocycles. The van der Waals surface area contributed by atoms with Crippen LogP contribution in [0.1, 0.15) is 55.5 Å². The van der Waals surface area contributed by atoms with Gasteiger partial charge >= 0.3 is 5.97 Å². The van der Waals surface area contributed by atoms with E-state index in [1.165, 1.54) is 20.0 Å². The summed E-state index contributed by atoms with van der Waals surface area (Å²) in [7, 11) is 1.35. The summed E-state index contributed by atoms with van der Waals surface area (Å²) < 4.78 is 6.75. The lowest BCUT2D eigenvalue weighted by atomic mass is 9.78. The van der Waals surface area contributed by atoms with E-state index in [4.69, 9.17) is 10.5 Å². The molecule has 0 spiro atoms. The van der Waals surface area contributed by atoms with E-state index in [9.17, 15) is 4.79 Å². The third-order valence-electron chi connectivity index (χ3n) is 4.50. The van der Waals surface area contributed by atoms with Crippen LogP contribution in [-0.4, -0.2) is 22.6 Å². The summed E-state index contributed by atoms with van der Waals surface area (Å²) in [4.78, 5) is 15.9. The van der Waals surface area contributed by atoms with E-state index in [-0.39, 0.29) is 5.69 Å². The fourth-order valence-corrected chi connectivity index (χ4v) is 3.15. The van der Waals surface area contributed by atoms with E-state index in [1.54, 1.807) is 0 Å². The molecule has 0 bridgehead atoms. The van der Waals surface area contributed by atoms with Crippen LogP contribution in [0.3, 0.4) is 0 Å². The maximum atomic E-state index is 11.7. The second kappa shape index (κ2) is 5.23. The van der Waals surface area contributed by atoms with Crippen LogP contribution in [0.15, 0.2) is 0 Å². The first-order valence-corrected chi connectivity index (χ1v) is 6.90. The minimum absolute atomic E-state index is 0.241. The average Bonchev–Trinajstić information content (AvgIpc) is 2.68. The number of aryl methyl sites for hydroxylation is 1. The zero-order chi connectivity index (χ0) is 14.2. The minimum Gasteiger partial charge on any atom is -0.464 e. The van der Waals surface area contributed by atoms with E-state index in [1.807, 2.05) is 11.5 Å². The second-order valence-corrected chi connectivity index (χ2v) is 5.59. The number of carbonyl (C=O) groups excluding carboxylic acids is 1. The summed E-state index contributed by atoms with van der Waals surface area (Å²) in [5, 5.41) is 0. The highest BCUT2D eigenvalue weighted by atomic mass is 16.5. The van der Waals surface area contributed by atoms with Gasteiger partial charge in [-0.25, -0.2) is 9.78 Å². The van der Waals surface area contributed by atoms with E-state index in [0.717, 1.165) is 12.2 Å². The van der Waals surface area contributed by atoms with Crippen LogP contribution in [0.25, 0.3) is 0 Å². The molecule has 1 fully saturated rings. The van der Waals surface area contributed by atoms with Gasteiger partial charge in [-0.1, -0.05) is 26.7 Å². The molecule has 1 aliphatic carbocycles. The van der Waals surface area contributed by atoms with E-state index in [0.29, 0.717) is 23.7 Å². The van der Waals surface area contributed by atoms with Crippen molar-refractivity contribution in [3.8, 4) is 0 Å². The van der Waals surface area contributed by atoms with Gasteiger partial charge < -0.3 is 15.0 Å². The molecular formula is C14H23N3O2. The number of esters is 1. The molecule has 1 aliphatic rings. The number of imidazole rings is 1. The number of rotatable bonds is 2. The van der Waals surface area contributed by atoms with Crippen LogP contribution < -0.4 is 5.73 Å². The van der Waals surface area contributed by atoms with Gasteiger partial charge in [0.25, 0.3) is 0 Å². The normalized spacial score (nSPS) is 27.3. The quantitative estimate of drug-likeness (QED) is 0.834. The number of aromatic nitrogens is 2. The number of ether oxygens (including phenoxy) is 1. The molecule has 5 nitrogen and oxygen atoms in total. The molecule has 5 heteroatoms. The molecule has 106 valence electrons. The maximum absolute atomic E-state index is 11.7. The number of nitrogen functional groups attached to an aromatic ring is 1. The van der Waals surface area contributed by atoms with Crippen molar-refractivity contribution in [3.63, 3.8) is 0 Å². The fraction of sp³-hybridized carbons (Fsp3) is 0.714. The third-order valence-corrected chi connectivity index (χ3v) is 4.50. The van der Waals surface area contributed by atoms with E-state index in [2.05, 4.69) is 18.8 Å². The smallest absolute Gasteiger partial charge is 0.360 e. The highest BCUT2D eigenvalue weighted by Crippen LogP contribution is 2.39. The maximum Gasteiger partial charge on any atom is 0.360 e. The van der Waals surface area contributed by atoms with Gasteiger partial charge in [-0.15, -0.1) is 0 Å². The van der Waals surface area contributed by atoms with Crippen LogP contribution in [0, 0.1) is 18.8 Å². The summed E-state index contributed by atoms with van der Waals surface area (Å²) in [6, 6.07) is 0.328. The number of hydrogen-bond acceptors (Lipinski definition) is 4. The second-order valence-electron chi connectivity index (χ2n) is 5.59. The molecule has 1 heterocycles. The Labute approximate surface area is 114 Å². The average molecular weight is 265 g/mol. The van der Waals surface area contributed by atoms with Gasteiger partial charge in [-0.05, 0) is 25.2 Å². The topological polar surface area (TPSA) is 70.1 Å². The van der Waals surface area contributed by atoms with E-state index >= 15 is 0 Å². The van der Waals surface area contributed by atoms with Crippen molar-refractivity contribution in [2.24, 2.45) is 11.8 Å². The minimum atomic E-state index is -0.462. The Balaban J connectivity index is 2.39. The molecule has 1 saturated carbocycles. The summed E-state index contributed by atoms with van der Waals surface area (Å²) in [5.41, 5.74) is 6.36. The number of methoxy groups -OCH3 is 1. The summed E-state index contributed by atoms with van der Waals surface area (Å²) >= 11 is 0. The van der Waals surface area contributed by atoms with Crippen LogP contribution in [-0.2, 0) is 4.74 Å². The van der Waals surface area contributed by atoms with Crippen molar-refractivity contribution >= 4 is 11.8 Å². The summed E-state index contributed by atoms with van der Waals surface area (Å²) in [5.74, 6) is 1.98. The van der Waals surface area contributed by atoms with E-state index < -0.39 is 5.97 Å². The molecule has 1 aromatic rings. The molecule has 3 atom stereocenters. The summed E-state index contributed by atoms with van der Waals surface area (Å²) in [6.45, 7) is 6.43. The van der Waals surface area contributed by atoms with Gasteiger partial charge in [-0.3, -0.25) is 0 Å². The molecule has 19 heavy (non-hydrogen) atoms. The van der Waals surface area contributed by atoms with Crippen LogP contribution >= 0.6 is 0 Å². The molecule has 1 aromatic heterocycles.